The molecule has 0 spiro atoms. The number of aliphatic hydroxyl groups is 1. The largest absolute Gasteiger partial charge is 0.393 e. The minimum Gasteiger partial charge on any atom is -0.393 e. The maximum absolute atomic E-state index is 9.77. The van der Waals surface area contributed by atoms with Gasteiger partial charge in [0.1, 0.15) is 0 Å². The number of aliphatic hydroxyl groups excluding tert-OH is 1. The van der Waals surface area contributed by atoms with Crippen LogP contribution in [0.15, 0.2) is 30.3 Å². The third-order valence-electron chi connectivity index (χ3n) is 2.87. The topological polar surface area (TPSA) is 38.7 Å². The first-order valence-electron chi connectivity index (χ1n) is 6.61. The number of benzene rings is 1. The van der Waals surface area contributed by atoms with Gasteiger partial charge in [-0.2, -0.15) is 0 Å². The quantitative estimate of drug-likeness (QED) is 0.650. The molecule has 18 heavy (non-hydrogen) atoms. The van der Waals surface area contributed by atoms with Crippen LogP contribution in [0, 0.1) is 0 Å². The molecule has 0 saturated heterocycles. The molecule has 0 aliphatic heterocycles. The minimum absolute atomic E-state index is 0.253. The SMILES string of the molecule is COCCOCCC(O)CCCc1ccccc1. The molecule has 0 aliphatic rings. The lowest BCUT2D eigenvalue weighted by molar-refractivity contribution is 0.0456. The van der Waals surface area contributed by atoms with E-state index in [-0.39, 0.29) is 6.10 Å². The average Bonchev–Trinajstić information content (AvgIpc) is 2.40. The van der Waals surface area contributed by atoms with E-state index in [1.807, 2.05) is 6.07 Å². The van der Waals surface area contributed by atoms with Crippen molar-refractivity contribution in [2.24, 2.45) is 0 Å². The predicted molar refractivity (Wildman–Crippen MR) is 72.7 cm³/mol. The Bertz CT molecular complexity index is 287. The van der Waals surface area contributed by atoms with Crippen LogP contribution in [-0.2, 0) is 15.9 Å². The van der Waals surface area contributed by atoms with Crippen molar-refractivity contribution < 1.29 is 14.6 Å². The summed E-state index contributed by atoms with van der Waals surface area (Å²) in [4.78, 5) is 0. The van der Waals surface area contributed by atoms with Gasteiger partial charge < -0.3 is 14.6 Å². The lowest BCUT2D eigenvalue weighted by atomic mass is 10.0. The average molecular weight is 252 g/mol. The van der Waals surface area contributed by atoms with E-state index in [9.17, 15) is 5.11 Å². The summed E-state index contributed by atoms with van der Waals surface area (Å²) in [6, 6.07) is 10.4. The Balaban J connectivity index is 1.98. The lowest BCUT2D eigenvalue weighted by Gasteiger charge is -2.10. The monoisotopic (exact) mass is 252 g/mol. The van der Waals surface area contributed by atoms with Crippen LogP contribution in [0.4, 0.5) is 0 Å². The van der Waals surface area contributed by atoms with Crippen LogP contribution < -0.4 is 0 Å². The number of aryl methyl sites for hydroxylation is 1. The molecule has 1 unspecified atom stereocenters. The fourth-order valence-electron chi connectivity index (χ4n) is 1.79. The first-order chi connectivity index (χ1) is 8.83. The molecule has 0 radical (unpaired) electrons. The summed E-state index contributed by atoms with van der Waals surface area (Å²) >= 11 is 0. The first kappa shape index (κ1) is 15.2. The van der Waals surface area contributed by atoms with Crippen LogP contribution >= 0.6 is 0 Å². The van der Waals surface area contributed by atoms with Gasteiger partial charge in [0.15, 0.2) is 0 Å². The number of methoxy groups -OCH3 is 1. The molecule has 1 N–H and O–H groups in total. The number of hydrogen-bond acceptors (Lipinski definition) is 3. The number of hydrogen-bond donors (Lipinski definition) is 1. The van der Waals surface area contributed by atoms with Crippen LogP contribution in [-0.4, -0.2) is 38.1 Å². The van der Waals surface area contributed by atoms with Gasteiger partial charge in [-0.3, -0.25) is 0 Å². The fourth-order valence-corrected chi connectivity index (χ4v) is 1.79. The van der Waals surface area contributed by atoms with E-state index in [2.05, 4.69) is 24.3 Å². The molecule has 0 aromatic heterocycles. The van der Waals surface area contributed by atoms with E-state index in [1.165, 1.54) is 5.56 Å². The van der Waals surface area contributed by atoms with Gasteiger partial charge in [-0.15, -0.1) is 0 Å². The fraction of sp³-hybridized carbons (Fsp3) is 0.600. The molecule has 0 amide bonds. The predicted octanol–water partition coefficient (Wildman–Crippen LogP) is 2.42. The highest BCUT2D eigenvalue weighted by Crippen LogP contribution is 2.08. The Morgan fingerprint density at radius 2 is 1.83 bits per heavy atom. The van der Waals surface area contributed by atoms with E-state index < -0.39 is 0 Å². The summed E-state index contributed by atoms with van der Waals surface area (Å²) in [5, 5.41) is 9.77. The second-order valence-corrected chi connectivity index (χ2v) is 4.43. The summed E-state index contributed by atoms with van der Waals surface area (Å²) in [7, 11) is 1.65. The summed E-state index contributed by atoms with van der Waals surface area (Å²) in [5.74, 6) is 0. The van der Waals surface area contributed by atoms with Crippen molar-refractivity contribution in [3.05, 3.63) is 35.9 Å². The van der Waals surface area contributed by atoms with Crippen molar-refractivity contribution in [3.8, 4) is 0 Å². The third-order valence-corrected chi connectivity index (χ3v) is 2.87. The zero-order chi connectivity index (χ0) is 13.1. The molecule has 102 valence electrons. The summed E-state index contributed by atoms with van der Waals surface area (Å²) in [5.41, 5.74) is 1.33. The summed E-state index contributed by atoms with van der Waals surface area (Å²) in [6.07, 6.45) is 3.34. The Morgan fingerprint density at radius 1 is 1.06 bits per heavy atom. The van der Waals surface area contributed by atoms with Gasteiger partial charge in [-0.05, 0) is 31.2 Å². The van der Waals surface area contributed by atoms with Crippen molar-refractivity contribution in [2.75, 3.05) is 26.9 Å². The Labute approximate surface area is 110 Å². The van der Waals surface area contributed by atoms with Crippen LogP contribution in [0.5, 0.6) is 0 Å². The molecule has 0 bridgehead atoms. The molecule has 0 heterocycles. The molecular weight excluding hydrogens is 228 g/mol. The van der Waals surface area contributed by atoms with Crippen LogP contribution in [0.2, 0.25) is 0 Å². The second kappa shape index (κ2) is 10.1. The van der Waals surface area contributed by atoms with Gasteiger partial charge in [0.25, 0.3) is 0 Å². The molecule has 1 atom stereocenters. The molecule has 0 saturated carbocycles. The second-order valence-electron chi connectivity index (χ2n) is 4.43. The summed E-state index contributed by atoms with van der Waals surface area (Å²) in [6.45, 7) is 1.83. The molecular formula is C15H24O3. The van der Waals surface area contributed by atoms with Crippen molar-refractivity contribution in [3.63, 3.8) is 0 Å². The van der Waals surface area contributed by atoms with Crippen LogP contribution in [0.3, 0.4) is 0 Å². The Hall–Kier alpha value is -0.900. The van der Waals surface area contributed by atoms with Gasteiger partial charge in [0.2, 0.25) is 0 Å². The van der Waals surface area contributed by atoms with E-state index in [1.54, 1.807) is 7.11 Å². The third kappa shape index (κ3) is 7.43. The van der Waals surface area contributed by atoms with Crippen LogP contribution in [0.25, 0.3) is 0 Å². The number of ether oxygens (including phenoxy) is 2. The maximum Gasteiger partial charge on any atom is 0.0700 e. The standard InChI is InChI=1S/C15H24O3/c1-17-12-13-18-11-10-15(16)9-5-8-14-6-3-2-4-7-14/h2-4,6-7,15-16H,5,8-13H2,1H3. The van der Waals surface area contributed by atoms with Crippen LogP contribution in [0.1, 0.15) is 24.8 Å². The van der Waals surface area contributed by atoms with E-state index in [4.69, 9.17) is 9.47 Å². The molecule has 1 aromatic carbocycles. The molecule has 1 rings (SSSR count). The van der Waals surface area contributed by atoms with Crippen molar-refractivity contribution in [1.29, 1.82) is 0 Å². The Morgan fingerprint density at radius 3 is 2.56 bits per heavy atom. The highest BCUT2D eigenvalue weighted by atomic mass is 16.5. The molecule has 0 fully saturated rings. The van der Waals surface area contributed by atoms with E-state index in [0.29, 0.717) is 26.2 Å². The van der Waals surface area contributed by atoms with E-state index in [0.717, 1.165) is 19.3 Å². The Kier molecular flexibility index (Phi) is 8.47. The smallest absolute Gasteiger partial charge is 0.0700 e. The highest BCUT2D eigenvalue weighted by Gasteiger charge is 2.04. The lowest BCUT2D eigenvalue weighted by Crippen LogP contribution is -2.12. The van der Waals surface area contributed by atoms with Crippen molar-refractivity contribution >= 4 is 0 Å². The normalized spacial score (nSPS) is 12.6. The van der Waals surface area contributed by atoms with Crippen molar-refractivity contribution in [2.45, 2.75) is 31.8 Å². The molecule has 0 aliphatic carbocycles. The minimum atomic E-state index is -0.253. The van der Waals surface area contributed by atoms with Crippen molar-refractivity contribution in [1.82, 2.24) is 0 Å². The zero-order valence-electron chi connectivity index (χ0n) is 11.2. The highest BCUT2D eigenvalue weighted by molar-refractivity contribution is 5.14. The van der Waals surface area contributed by atoms with Gasteiger partial charge in [-0.1, -0.05) is 30.3 Å². The van der Waals surface area contributed by atoms with Gasteiger partial charge in [0, 0.05) is 13.7 Å². The van der Waals surface area contributed by atoms with E-state index >= 15 is 0 Å². The summed E-state index contributed by atoms with van der Waals surface area (Å²) < 4.78 is 10.2. The number of rotatable bonds is 10. The molecule has 3 heteroatoms. The van der Waals surface area contributed by atoms with Gasteiger partial charge >= 0.3 is 0 Å². The van der Waals surface area contributed by atoms with Gasteiger partial charge in [0.05, 0.1) is 19.3 Å². The van der Waals surface area contributed by atoms with Gasteiger partial charge in [-0.25, -0.2) is 0 Å². The first-order valence-corrected chi connectivity index (χ1v) is 6.61. The zero-order valence-corrected chi connectivity index (χ0v) is 11.2. The maximum atomic E-state index is 9.77. The molecule has 3 nitrogen and oxygen atoms in total. The molecule has 1 aromatic rings.